The number of aryl methyl sites for hydroxylation is 1. The molecule has 4 heteroatoms. The molecule has 3 atom stereocenters. The molecule has 2 rings (SSSR count). The van der Waals surface area contributed by atoms with Crippen molar-refractivity contribution < 1.29 is 4.74 Å². The van der Waals surface area contributed by atoms with Crippen molar-refractivity contribution in [2.24, 2.45) is 13.0 Å². The van der Waals surface area contributed by atoms with Gasteiger partial charge in [0.1, 0.15) is 0 Å². The molecule has 1 saturated heterocycles. The number of rotatable bonds is 4. The minimum atomic E-state index is 0.370. The summed E-state index contributed by atoms with van der Waals surface area (Å²) in [5.74, 6) is 0.616. The molecule has 0 radical (unpaired) electrons. The first-order chi connectivity index (χ1) is 7.70. The van der Waals surface area contributed by atoms with Crippen molar-refractivity contribution in [3.63, 3.8) is 0 Å². The maximum Gasteiger partial charge on any atom is 0.0590 e. The van der Waals surface area contributed by atoms with Gasteiger partial charge in [-0.3, -0.25) is 4.68 Å². The Labute approximate surface area is 97.0 Å². The molecule has 16 heavy (non-hydrogen) atoms. The number of likely N-dealkylation sites (N-methyl/N-ethyl adjacent to an activating group) is 1. The van der Waals surface area contributed by atoms with Gasteiger partial charge in [0.25, 0.3) is 0 Å². The summed E-state index contributed by atoms with van der Waals surface area (Å²) in [5.41, 5.74) is 1.29. The Hall–Kier alpha value is -0.870. The zero-order valence-electron chi connectivity index (χ0n) is 10.3. The standard InChI is InChI=1S/C12H21N3O/c1-9-11(4-5-16-9)12(13-2)6-10-7-14-15(3)8-10/h7-9,11-13H,4-6H2,1-3H3. The van der Waals surface area contributed by atoms with Gasteiger partial charge in [0.2, 0.25) is 0 Å². The van der Waals surface area contributed by atoms with Crippen LogP contribution in [0.3, 0.4) is 0 Å². The third-order valence-corrected chi connectivity index (χ3v) is 3.54. The Bertz CT molecular complexity index is 337. The van der Waals surface area contributed by atoms with Crippen LogP contribution >= 0.6 is 0 Å². The van der Waals surface area contributed by atoms with Gasteiger partial charge in [-0.05, 0) is 32.4 Å². The van der Waals surface area contributed by atoms with E-state index in [0.717, 1.165) is 19.4 Å². The maximum atomic E-state index is 5.63. The van der Waals surface area contributed by atoms with Gasteiger partial charge in [-0.2, -0.15) is 5.10 Å². The molecule has 0 aromatic carbocycles. The SMILES string of the molecule is CNC(Cc1cnn(C)c1)C1CCOC1C. The third kappa shape index (κ3) is 2.44. The zero-order valence-corrected chi connectivity index (χ0v) is 10.3. The van der Waals surface area contributed by atoms with Crippen LogP contribution < -0.4 is 5.32 Å². The molecule has 0 aliphatic carbocycles. The minimum absolute atomic E-state index is 0.370. The highest BCUT2D eigenvalue weighted by Gasteiger charge is 2.31. The highest BCUT2D eigenvalue weighted by molar-refractivity contribution is 5.07. The quantitative estimate of drug-likeness (QED) is 0.827. The van der Waals surface area contributed by atoms with Crippen molar-refractivity contribution in [1.82, 2.24) is 15.1 Å². The van der Waals surface area contributed by atoms with Crippen molar-refractivity contribution in [2.75, 3.05) is 13.7 Å². The number of nitrogens with zero attached hydrogens (tertiary/aromatic N) is 2. The van der Waals surface area contributed by atoms with Crippen LogP contribution in [0.5, 0.6) is 0 Å². The van der Waals surface area contributed by atoms with Gasteiger partial charge in [-0.25, -0.2) is 0 Å². The van der Waals surface area contributed by atoms with E-state index in [2.05, 4.69) is 23.5 Å². The van der Waals surface area contributed by atoms with Gasteiger partial charge in [0, 0.05) is 31.8 Å². The van der Waals surface area contributed by atoms with Crippen LogP contribution in [0.4, 0.5) is 0 Å². The molecule has 0 amide bonds. The average molecular weight is 223 g/mol. The van der Waals surface area contributed by atoms with E-state index < -0.39 is 0 Å². The van der Waals surface area contributed by atoms with Crippen LogP contribution in [0, 0.1) is 5.92 Å². The molecule has 3 unspecified atom stereocenters. The van der Waals surface area contributed by atoms with Crippen LogP contribution in [-0.4, -0.2) is 35.6 Å². The van der Waals surface area contributed by atoms with E-state index in [1.165, 1.54) is 5.56 Å². The Kier molecular flexibility index (Phi) is 3.61. The van der Waals surface area contributed by atoms with Gasteiger partial charge in [0.15, 0.2) is 0 Å². The Morgan fingerprint density at radius 2 is 2.50 bits per heavy atom. The van der Waals surface area contributed by atoms with E-state index in [0.29, 0.717) is 18.1 Å². The van der Waals surface area contributed by atoms with Gasteiger partial charge in [0.05, 0.1) is 12.3 Å². The Morgan fingerprint density at radius 1 is 1.69 bits per heavy atom. The summed E-state index contributed by atoms with van der Waals surface area (Å²) in [6.45, 7) is 3.07. The fourth-order valence-corrected chi connectivity index (χ4v) is 2.58. The lowest BCUT2D eigenvalue weighted by Crippen LogP contribution is -2.38. The van der Waals surface area contributed by atoms with Gasteiger partial charge < -0.3 is 10.1 Å². The summed E-state index contributed by atoms with van der Waals surface area (Å²) in [6, 6.07) is 0.488. The van der Waals surface area contributed by atoms with Crippen LogP contribution in [0.1, 0.15) is 18.9 Å². The summed E-state index contributed by atoms with van der Waals surface area (Å²) in [6.07, 6.45) is 6.60. The third-order valence-electron chi connectivity index (χ3n) is 3.54. The summed E-state index contributed by atoms with van der Waals surface area (Å²) >= 11 is 0. The molecule has 2 heterocycles. The predicted octanol–water partition coefficient (Wildman–Crippen LogP) is 0.976. The molecule has 1 aliphatic rings. The van der Waals surface area contributed by atoms with E-state index in [9.17, 15) is 0 Å². The first-order valence-electron chi connectivity index (χ1n) is 5.97. The van der Waals surface area contributed by atoms with Gasteiger partial charge in [-0.15, -0.1) is 0 Å². The first kappa shape index (κ1) is 11.6. The molecule has 4 nitrogen and oxygen atoms in total. The average Bonchev–Trinajstić information content (AvgIpc) is 2.84. The molecule has 0 spiro atoms. The van der Waals surface area contributed by atoms with E-state index in [4.69, 9.17) is 4.74 Å². The summed E-state index contributed by atoms with van der Waals surface area (Å²) in [5, 5.41) is 7.62. The van der Waals surface area contributed by atoms with Crippen molar-refractivity contribution in [1.29, 1.82) is 0 Å². The Morgan fingerprint density at radius 3 is 3.00 bits per heavy atom. The molecule has 1 fully saturated rings. The molecular weight excluding hydrogens is 202 g/mol. The van der Waals surface area contributed by atoms with Gasteiger partial charge in [-0.1, -0.05) is 0 Å². The van der Waals surface area contributed by atoms with Crippen LogP contribution in [0.2, 0.25) is 0 Å². The van der Waals surface area contributed by atoms with E-state index in [1.807, 2.05) is 25.0 Å². The summed E-state index contributed by atoms with van der Waals surface area (Å²) in [4.78, 5) is 0. The number of hydrogen-bond donors (Lipinski definition) is 1. The molecule has 1 aliphatic heterocycles. The van der Waals surface area contributed by atoms with Crippen LogP contribution in [-0.2, 0) is 18.2 Å². The fourth-order valence-electron chi connectivity index (χ4n) is 2.58. The number of hydrogen-bond acceptors (Lipinski definition) is 3. The highest BCUT2D eigenvalue weighted by Crippen LogP contribution is 2.25. The molecule has 1 N–H and O–H groups in total. The molecule has 0 bridgehead atoms. The molecule has 1 aromatic rings. The number of aromatic nitrogens is 2. The van der Waals surface area contributed by atoms with Gasteiger partial charge >= 0.3 is 0 Å². The lowest BCUT2D eigenvalue weighted by molar-refractivity contribution is 0.0963. The lowest BCUT2D eigenvalue weighted by Gasteiger charge is -2.24. The summed E-state index contributed by atoms with van der Waals surface area (Å²) in [7, 11) is 3.99. The van der Waals surface area contributed by atoms with E-state index in [1.54, 1.807) is 0 Å². The second-order valence-corrected chi connectivity index (χ2v) is 4.65. The molecule has 0 saturated carbocycles. The van der Waals surface area contributed by atoms with Crippen molar-refractivity contribution in [3.05, 3.63) is 18.0 Å². The second kappa shape index (κ2) is 4.97. The second-order valence-electron chi connectivity index (χ2n) is 4.65. The number of ether oxygens (including phenoxy) is 1. The predicted molar refractivity (Wildman–Crippen MR) is 63.3 cm³/mol. The van der Waals surface area contributed by atoms with E-state index in [-0.39, 0.29) is 0 Å². The van der Waals surface area contributed by atoms with Crippen LogP contribution in [0.25, 0.3) is 0 Å². The molecule has 90 valence electrons. The van der Waals surface area contributed by atoms with E-state index >= 15 is 0 Å². The van der Waals surface area contributed by atoms with Crippen molar-refractivity contribution >= 4 is 0 Å². The topological polar surface area (TPSA) is 39.1 Å². The Balaban J connectivity index is 2.00. The highest BCUT2D eigenvalue weighted by atomic mass is 16.5. The van der Waals surface area contributed by atoms with Crippen molar-refractivity contribution in [3.8, 4) is 0 Å². The first-order valence-corrected chi connectivity index (χ1v) is 5.97. The fraction of sp³-hybridized carbons (Fsp3) is 0.750. The van der Waals surface area contributed by atoms with Crippen LogP contribution in [0.15, 0.2) is 12.4 Å². The smallest absolute Gasteiger partial charge is 0.0590 e. The summed E-state index contributed by atoms with van der Waals surface area (Å²) < 4.78 is 7.49. The molecule has 1 aromatic heterocycles. The lowest BCUT2D eigenvalue weighted by atomic mass is 9.90. The minimum Gasteiger partial charge on any atom is -0.378 e. The molecular formula is C12H21N3O. The zero-order chi connectivity index (χ0) is 11.5. The van der Waals surface area contributed by atoms with Crippen molar-refractivity contribution in [2.45, 2.75) is 31.9 Å². The largest absolute Gasteiger partial charge is 0.378 e. The normalized spacial score (nSPS) is 27.2. The maximum absolute atomic E-state index is 5.63. The number of nitrogens with one attached hydrogen (secondary N) is 1. The monoisotopic (exact) mass is 223 g/mol.